The minimum absolute atomic E-state index is 0.00259. The van der Waals surface area contributed by atoms with Crippen LogP contribution < -0.4 is 0 Å². The number of hydrogen-bond donors (Lipinski definition) is 0. The Morgan fingerprint density at radius 1 is 1.18 bits per heavy atom. The van der Waals surface area contributed by atoms with Crippen molar-refractivity contribution in [3.63, 3.8) is 0 Å². The van der Waals surface area contributed by atoms with Gasteiger partial charge < -0.3 is 9.64 Å². The molecule has 1 saturated heterocycles. The topological polar surface area (TPSA) is 46.6 Å². The van der Waals surface area contributed by atoms with Gasteiger partial charge in [-0.2, -0.15) is 0 Å². The number of rotatable bonds is 4. The fourth-order valence-corrected chi connectivity index (χ4v) is 4.00. The molecule has 0 aromatic heterocycles. The van der Waals surface area contributed by atoms with Gasteiger partial charge in [0.15, 0.2) is 0 Å². The maximum atomic E-state index is 12.5. The maximum absolute atomic E-state index is 12.5. The molecule has 3 rings (SSSR count). The highest BCUT2D eigenvalue weighted by Crippen LogP contribution is 2.43. The summed E-state index contributed by atoms with van der Waals surface area (Å²) in [5.74, 6) is 0.234. The van der Waals surface area contributed by atoms with Crippen LogP contribution in [-0.4, -0.2) is 29.9 Å². The summed E-state index contributed by atoms with van der Waals surface area (Å²) in [6.45, 7) is 0. The van der Waals surface area contributed by atoms with Gasteiger partial charge in [-0.05, 0) is 30.7 Å². The summed E-state index contributed by atoms with van der Waals surface area (Å²) in [4.78, 5) is 26.4. The van der Waals surface area contributed by atoms with Gasteiger partial charge in [0.1, 0.15) is 6.04 Å². The lowest BCUT2D eigenvalue weighted by atomic mass is 9.89. The SMILES string of the molecule is COC(=O)C1CCC(=O)N1C(c1ccccc1)C1CCCC1. The monoisotopic (exact) mass is 301 g/mol. The van der Waals surface area contributed by atoms with Gasteiger partial charge in [-0.3, -0.25) is 4.79 Å². The van der Waals surface area contributed by atoms with E-state index < -0.39 is 6.04 Å². The third kappa shape index (κ3) is 2.74. The molecule has 4 nitrogen and oxygen atoms in total. The van der Waals surface area contributed by atoms with Gasteiger partial charge in [0.2, 0.25) is 5.91 Å². The van der Waals surface area contributed by atoms with E-state index in [-0.39, 0.29) is 17.9 Å². The summed E-state index contributed by atoms with van der Waals surface area (Å²) in [6, 6.07) is 9.71. The Balaban J connectivity index is 1.96. The number of amides is 1. The zero-order valence-electron chi connectivity index (χ0n) is 13.0. The van der Waals surface area contributed by atoms with E-state index in [0.717, 1.165) is 18.4 Å². The van der Waals surface area contributed by atoms with Crippen molar-refractivity contribution in [2.24, 2.45) is 5.92 Å². The van der Waals surface area contributed by atoms with Crippen LogP contribution in [0.25, 0.3) is 0 Å². The van der Waals surface area contributed by atoms with E-state index in [1.54, 1.807) is 0 Å². The Morgan fingerprint density at radius 2 is 1.86 bits per heavy atom. The molecule has 2 aliphatic rings. The van der Waals surface area contributed by atoms with Crippen molar-refractivity contribution >= 4 is 11.9 Å². The molecule has 1 aromatic rings. The van der Waals surface area contributed by atoms with Gasteiger partial charge >= 0.3 is 5.97 Å². The minimum atomic E-state index is -0.427. The standard InChI is InChI=1S/C18H23NO3/c1-22-18(21)15-11-12-16(20)19(15)17(14-9-5-6-10-14)13-7-3-2-4-8-13/h2-4,7-8,14-15,17H,5-6,9-12H2,1H3. The van der Waals surface area contributed by atoms with E-state index in [4.69, 9.17) is 4.74 Å². The molecule has 1 saturated carbocycles. The molecule has 4 heteroatoms. The number of likely N-dealkylation sites (tertiary alicyclic amines) is 1. The molecule has 2 atom stereocenters. The van der Waals surface area contributed by atoms with Gasteiger partial charge in [-0.25, -0.2) is 4.79 Å². The second-order valence-corrected chi connectivity index (χ2v) is 6.28. The van der Waals surface area contributed by atoms with Crippen molar-refractivity contribution in [1.29, 1.82) is 0 Å². The maximum Gasteiger partial charge on any atom is 0.328 e. The molecular weight excluding hydrogens is 278 g/mol. The van der Waals surface area contributed by atoms with Gasteiger partial charge in [-0.15, -0.1) is 0 Å². The van der Waals surface area contributed by atoms with Crippen molar-refractivity contribution in [1.82, 2.24) is 4.90 Å². The van der Waals surface area contributed by atoms with Crippen LogP contribution in [0.2, 0.25) is 0 Å². The zero-order valence-corrected chi connectivity index (χ0v) is 13.0. The summed E-state index contributed by atoms with van der Waals surface area (Å²) in [5, 5.41) is 0. The van der Waals surface area contributed by atoms with Crippen molar-refractivity contribution in [2.75, 3.05) is 7.11 Å². The van der Waals surface area contributed by atoms with Crippen LogP contribution in [0.1, 0.15) is 50.1 Å². The molecule has 0 spiro atoms. The first-order valence-corrected chi connectivity index (χ1v) is 8.16. The van der Waals surface area contributed by atoms with E-state index in [9.17, 15) is 9.59 Å². The molecule has 22 heavy (non-hydrogen) atoms. The van der Waals surface area contributed by atoms with Gasteiger partial charge in [0, 0.05) is 6.42 Å². The molecular formula is C18H23NO3. The molecule has 0 bridgehead atoms. The molecule has 1 heterocycles. The Hall–Kier alpha value is -1.84. The average molecular weight is 301 g/mol. The Kier molecular flexibility index (Phi) is 4.46. The molecule has 2 unspecified atom stereocenters. The van der Waals surface area contributed by atoms with Gasteiger partial charge in [0.25, 0.3) is 0 Å². The number of carbonyl (C=O) groups is 2. The summed E-state index contributed by atoms with van der Waals surface area (Å²) in [7, 11) is 1.40. The van der Waals surface area contributed by atoms with Gasteiger partial charge in [0.05, 0.1) is 13.2 Å². The highest BCUT2D eigenvalue weighted by atomic mass is 16.5. The molecule has 1 amide bonds. The van der Waals surface area contributed by atoms with Crippen LogP contribution in [0, 0.1) is 5.92 Å². The molecule has 0 radical (unpaired) electrons. The van der Waals surface area contributed by atoms with Crippen molar-refractivity contribution in [3.05, 3.63) is 35.9 Å². The summed E-state index contributed by atoms with van der Waals surface area (Å²) < 4.78 is 4.93. The predicted molar refractivity (Wildman–Crippen MR) is 83.0 cm³/mol. The van der Waals surface area contributed by atoms with Crippen LogP contribution in [0.4, 0.5) is 0 Å². The third-order valence-electron chi connectivity index (χ3n) is 5.02. The highest BCUT2D eigenvalue weighted by molar-refractivity contribution is 5.88. The van der Waals surface area contributed by atoms with Crippen LogP contribution in [0.5, 0.6) is 0 Å². The van der Waals surface area contributed by atoms with Crippen LogP contribution in [-0.2, 0) is 14.3 Å². The summed E-state index contributed by atoms with van der Waals surface area (Å²) >= 11 is 0. The van der Waals surface area contributed by atoms with E-state index >= 15 is 0 Å². The predicted octanol–water partition coefficient (Wildman–Crippen LogP) is 3.08. The quantitative estimate of drug-likeness (QED) is 0.803. The van der Waals surface area contributed by atoms with Crippen molar-refractivity contribution in [2.45, 2.75) is 50.6 Å². The summed E-state index contributed by atoms with van der Waals surface area (Å²) in [5.41, 5.74) is 1.14. The van der Waals surface area contributed by atoms with Gasteiger partial charge in [-0.1, -0.05) is 43.2 Å². The van der Waals surface area contributed by atoms with Crippen LogP contribution >= 0.6 is 0 Å². The fourth-order valence-electron chi connectivity index (χ4n) is 4.00. The number of benzene rings is 1. The first-order valence-electron chi connectivity index (χ1n) is 8.16. The second-order valence-electron chi connectivity index (χ2n) is 6.28. The number of carbonyl (C=O) groups excluding carboxylic acids is 2. The Bertz CT molecular complexity index is 537. The first kappa shape index (κ1) is 15.1. The smallest absolute Gasteiger partial charge is 0.328 e. The third-order valence-corrected chi connectivity index (χ3v) is 5.02. The number of esters is 1. The molecule has 0 N–H and O–H groups in total. The first-order chi connectivity index (χ1) is 10.7. The molecule has 1 aromatic carbocycles. The average Bonchev–Trinajstić information content (AvgIpc) is 3.20. The molecule has 2 fully saturated rings. The van der Waals surface area contributed by atoms with Crippen LogP contribution in [0.15, 0.2) is 30.3 Å². The summed E-state index contributed by atoms with van der Waals surface area (Å²) in [6.07, 6.45) is 5.67. The van der Waals surface area contributed by atoms with E-state index in [1.165, 1.54) is 20.0 Å². The zero-order chi connectivity index (χ0) is 15.5. The highest BCUT2D eigenvalue weighted by Gasteiger charge is 2.44. The normalized spacial score (nSPS) is 23.8. The van der Waals surface area contributed by atoms with Crippen LogP contribution in [0.3, 0.4) is 0 Å². The molecule has 1 aliphatic carbocycles. The lowest BCUT2D eigenvalue weighted by Gasteiger charge is -2.36. The number of methoxy groups -OCH3 is 1. The van der Waals surface area contributed by atoms with Crippen molar-refractivity contribution < 1.29 is 14.3 Å². The van der Waals surface area contributed by atoms with E-state index in [1.807, 2.05) is 23.1 Å². The lowest BCUT2D eigenvalue weighted by molar-refractivity contribution is -0.151. The molecule has 1 aliphatic heterocycles. The lowest BCUT2D eigenvalue weighted by Crippen LogP contribution is -2.44. The minimum Gasteiger partial charge on any atom is -0.467 e. The van der Waals surface area contributed by atoms with Crippen molar-refractivity contribution in [3.8, 4) is 0 Å². The molecule has 118 valence electrons. The second kappa shape index (κ2) is 6.51. The van der Waals surface area contributed by atoms with E-state index in [2.05, 4.69) is 12.1 Å². The number of ether oxygens (including phenoxy) is 1. The fraction of sp³-hybridized carbons (Fsp3) is 0.556. The number of nitrogens with zero attached hydrogens (tertiary/aromatic N) is 1. The van der Waals surface area contributed by atoms with E-state index in [0.29, 0.717) is 18.8 Å². The number of hydrogen-bond acceptors (Lipinski definition) is 3. The largest absolute Gasteiger partial charge is 0.467 e. The Morgan fingerprint density at radius 3 is 2.50 bits per heavy atom. The Labute approximate surface area is 131 Å².